The van der Waals surface area contributed by atoms with Gasteiger partial charge in [0.15, 0.2) is 0 Å². The van der Waals surface area contributed by atoms with Gasteiger partial charge >= 0.3 is 0 Å². The van der Waals surface area contributed by atoms with Crippen LogP contribution < -0.4 is 5.73 Å². The SMILES string of the molecule is Cc1cccc(-c2cc(N)c(C#N)s2)c1I. The Hall–Kier alpha value is -1.06. The molecule has 2 nitrogen and oxygen atoms in total. The van der Waals surface area contributed by atoms with Crippen LogP contribution in [0.4, 0.5) is 5.69 Å². The van der Waals surface area contributed by atoms with Crippen molar-refractivity contribution in [2.75, 3.05) is 5.73 Å². The van der Waals surface area contributed by atoms with E-state index in [9.17, 15) is 0 Å². The Kier molecular flexibility index (Phi) is 3.17. The Bertz CT molecular complexity index is 581. The van der Waals surface area contributed by atoms with Crippen LogP contribution in [0.3, 0.4) is 0 Å². The highest BCUT2D eigenvalue weighted by Gasteiger charge is 2.10. The van der Waals surface area contributed by atoms with E-state index in [0.29, 0.717) is 10.6 Å². The van der Waals surface area contributed by atoms with E-state index in [-0.39, 0.29) is 0 Å². The van der Waals surface area contributed by atoms with Crippen molar-refractivity contribution in [1.29, 1.82) is 5.26 Å². The van der Waals surface area contributed by atoms with Crippen molar-refractivity contribution in [3.63, 3.8) is 0 Å². The van der Waals surface area contributed by atoms with Crippen molar-refractivity contribution >= 4 is 39.6 Å². The molecule has 0 atom stereocenters. The zero-order valence-electron chi connectivity index (χ0n) is 8.62. The third-order valence-corrected chi connectivity index (χ3v) is 4.84. The molecule has 0 saturated heterocycles. The van der Waals surface area contributed by atoms with E-state index >= 15 is 0 Å². The number of hydrogen-bond acceptors (Lipinski definition) is 3. The normalized spacial score (nSPS) is 10.1. The molecule has 4 heteroatoms. The van der Waals surface area contributed by atoms with Gasteiger partial charge in [0.25, 0.3) is 0 Å². The smallest absolute Gasteiger partial charge is 0.128 e. The summed E-state index contributed by atoms with van der Waals surface area (Å²) in [5, 5.41) is 8.88. The van der Waals surface area contributed by atoms with Gasteiger partial charge in [-0.3, -0.25) is 0 Å². The quantitative estimate of drug-likeness (QED) is 0.803. The summed E-state index contributed by atoms with van der Waals surface area (Å²) in [6, 6.07) is 10.1. The highest BCUT2D eigenvalue weighted by molar-refractivity contribution is 14.1. The number of aryl methyl sites for hydroxylation is 1. The van der Waals surface area contributed by atoms with Crippen molar-refractivity contribution < 1.29 is 0 Å². The van der Waals surface area contributed by atoms with Gasteiger partial charge in [-0.1, -0.05) is 18.2 Å². The number of nitrogens with zero attached hydrogens (tertiary/aromatic N) is 1. The van der Waals surface area contributed by atoms with Crippen LogP contribution in [0.1, 0.15) is 10.4 Å². The molecule has 0 aliphatic heterocycles. The lowest BCUT2D eigenvalue weighted by Gasteiger charge is -2.03. The summed E-state index contributed by atoms with van der Waals surface area (Å²) in [6.45, 7) is 2.08. The molecule has 80 valence electrons. The minimum atomic E-state index is 0.569. The molecular formula is C12H9IN2S. The van der Waals surface area contributed by atoms with E-state index < -0.39 is 0 Å². The predicted octanol–water partition coefficient (Wildman–Crippen LogP) is 3.78. The minimum absolute atomic E-state index is 0.569. The Labute approximate surface area is 112 Å². The maximum Gasteiger partial charge on any atom is 0.128 e. The van der Waals surface area contributed by atoms with Crippen LogP contribution in [0.2, 0.25) is 0 Å². The van der Waals surface area contributed by atoms with Crippen molar-refractivity contribution in [2.45, 2.75) is 6.92 Å². The molecule has 2 N–H and O–H groups in total. The molecule has 0 radical (unpaired) electrons. The minimum Gasteiger partial charge on any atom is -0.397 e. The Balaban J connectivity index is 2.60. The standard InChI is InChI=1S/C12H9IN2S/c1-7-3-2-4-8(12(7)13)10-5-9(15)11(6-14)16-10/h2-5H,15H2,1H3. The number of rotatable bonds is 1. The lowest BCUT2D eigenvalue weighted by molar-refractivity contribution is 1.43. The molecule has 2 aromatic rings. The summed E-state index contributed by atoms with van der Waals surface area (Å²) in [5.74, 6) is 0. The largest absolute Gasteiger partial charge is 0.397 e. The van der Waals surface area contributed by atoms with E-state index in [4.69, 9.17) is 11.0 Å². The number of nitrogens with two attached hydrogens (primary N) is 1. The third kappa shape index (κ3) is 1.93. The van der Waals surface area contributed by atoms with Crippen LogP contribution in [-0.4, -0.2) is 0 Å². The first kappa shape index (κ1) is 11.4. The highest BCUT2D eigenvalue weighted by Crippen LogP contribution is 2.35. The summed E-state index contributed by atoms with van der Waals surface area (Å²) in [6.07, 6.45) is 0. The predicted molar refractivity (Wildman–Crippen MR) is 76.3 cm³/mol. The fourth-order valence-electron chi connectivity index (χ4n) is 1.46. The van der Waals surface area contributed by atoms with Crippen molar-refractivity contribution in [2.24, 2.45) is 0 Å². The van der Waals surface area contributed by atoms with Crippen LogP contribution in [0.15, 0.2) is 24.3 Å². The summed E-state index contributed by atoms with van der Waals surface area (Å²) >= 11 is 3.77. The van der Waals surface area contributed by atoms with Gasteiger partial charge in [0.1, 0.15) is 10.9 Å². The molecule has 0 aliphatic rings. The topological polar surface area (TPSA) is 49.8 Å². The van der Waals surface area contributed by atoms with Crippen LogP contribution in [0.25, 0.3) is 10.4 Å². The average Bonchev–Trinajstić information content (AvgIpc) is 2.63. The number of hydrogen-bond donors (Lipinski definition) is 1. The number of nitrogen functional groups attached to an aromatic ring is 1. The first-order chi connectivity index (χ1) is 7.63. The molecule has 1 heterocycles. The number of nitriles is 1. The first-order valence-corrected chi connectivity index (χ1v) is 6.58. The number of halogens is 1. The average molecular weight is 340 g/mol. The lowest BCUT2D eigenvalue weighted by atomic mass is 10.1. The van der Waals surface area contributed by atoms with Gasteiger partial charge in [0.05, 0.1) is 5.69 Å². The zero-order valence-corrected chi connectivity index (χ0v) is 11.6. The zero-order chi connectivity index (χ0) is 11.7. The second-order valence-corrected chi connectivity index (χ2v) is 5.57. The second kappa shape index (κ2) is 4.44. The monoisotopic (exact) mass is 340 g/mol. The number of anilines is 1. The molecular weight excluding hydrogens is 331 g/mol. The van der Waals surface area contributed by atoms with Gasteiger partial charge < -0.3 is 5.73 Å². The fraction of sp³-hybridized carbons (Fsp3) is 0.0833. The summed E-state index contributed by atoms with van der Waals surface area (Å²) in [4.78, 5) is 1.65. The van der Waals surface area contributed by atoms with Gasteiger partial charge in [-0.05, 0) is 41.1 Å². The fourth-order valence-corrected chi connectivity index (χ4v) is 3.20. The van der Waals surface area contributed by atoms with Crippen LogP contribution in [-0.2, 0) is 0 Å². The van der Waals surface area contributed by atoms with Crippen LogP contribution >= 0.6 is 33.9 Å². The van der Waals surface area contributed by atoms with Gasteiger partial charge in [0, 0.05) is 14.0 Å². The number of thiophene rings is 1. The lowest BCUT2D eigenvalue weighted by Crippen LogP contribution is -1.84. The molecule has 0 saturated carbocycles. The third-order valence-electron chi connectivity index (χ3n) is 2.32. The first-order valence-electron chi connectivity index (χ1n) is 4.68. The van der Waals surface area contributed by atoms with E-state index in [1.807, 2.05) is 12.1 Å². The van der Waals surface area contributed by atoms with E-state index in [1.54, 1.807) is 0 Å². The molecule has 0 unspecified atom stereocenters. The molecule has 0 amide bonds. The maximum atomic E-state index is 8.88. The van der Waals surface area contributed by atoms with E-state index in [1.165, 1.54) is 20.5 Å². The Morgan fingerprint density at radius 1 is 1.44 bits per heavy atom. The molecule has 1 aromatic carbocycles. The van der Waals surface area contributed by atoms with Crippen LogP contribution in [0.5, 0.6) is 0 Å². The summed E-state index contributed by atoms with van der Waals surface area (Å²) < 4.78 is 1.21. The Morgan fingerprint density at radius 3 is 2.81 bits per heavy atom. The van der Waals surface area contributed by atoms with E-state index in [2.05, 4.69) is 47.7 Å². The van der Waals surface area contributed by atoms with Crippen molar-refractivity contribution in [3.05, 3.63) is 38.3 Å². The summed E-state index contributed by atoms with van der Waals surface area (Å²) in [5.41, 5.74) is 8.72. The van der Waals surface area contributed by atoms with E-state index in [0.717, 1.165) is 10.4 Å². The molecule has 0 fully saturated rings. The molecule has 2 rings (SSSR count). The van der Waals surface area contributed by atoms with Gasteiger partial charge in [0.2, 0.25) is 0 Å². The molecule has 0 spiro atoms. The van der Waals surface area contributed by atoms with Crippen molar-refractivity contribution in [1.82, 2.24) is 0 Å². The van der Waals surface area contributed by atoms with Gasteiger partial charge in [-0.15, -0.1) is 11.3 Å². The summed E-state index contributed by atoms with van der Waals surface area (Å²) in [7, 11) is 0. The maximum absolute atomic E-state index is 8.88. The Morgan fingerprint density at radius 2 is 2.19 bits per heavy atom. The molecule has 16 heavy (non-hydrogen) atoms. The van der Waals surface area contributed by atoms with Gasteiger partial charge in [-0.25, -0.2) is 0 Å². The number of benzene rings is 1. The molecule has 1 aromatic heterocycles. The van der Waals surface area contributed by atoms with Gasteiger partial charge in [-0.2, -0.15) is 5.26 Å². The molecule has 0 bridgehead atoms. The van der Waals surface area contributed by atoms with Crippen molar-refractivity contribution in [3.8, 4) is 16.5 Å². The second-order valence-electron chi connectivity index (χ2n) is 3.44. The highest BCUT2D eigenvalue weighted by atomic mass is 127. The van der Waals surface area contributed by atoms with Crippen LogP contribution in [0, 0.1) is 21.8 Å². The molecule has 0 aliphatic carbocycles.